The van der Waals surface area contributed by atoms with Crippen LogP contribution in [0.5, 0.6) is 0 Å². The summed E-state index contributed by atoms with van der Waals surface area (Å²) in [5, 5.41) is 11.9. The van der Waals surface area contributed by atoms with Crippen molar-refractivity contribution in [3.63, 3.8) is 0 Å². The van der Waals surface area contributed by atoms with Gasteiger partial charge in [0.05, 0.1) is 11.1 Å². The minimum Gasteiger partial charge on any atom is -0.356 e. The molecule has 0 aliphatic carbocycles. The number of anilines is 2. The van der Waals surface area contributed by atoms with Gasteiger partial charge in [0.1, 0.15) is 11.9 Å². The Labute approximate surface area is 195 Å². The first-order valence-electron chi connectivity index (χ1n) is 10.2. The van der Waals surface area contributed by atoms with Crippen molar-refractivity contribution in [2.45, 2.75) is 43.2 Å². The highest BCUT2D eigenvalue weighted by atomic mass is 32.2. The number of nitriles is 1. The van der Waals surface area contributed by atoms with Crippen molar-refractivity contribution in [1.82, 2.24) is 4.98 Å². The van der Waals surface area contributed by atoms with Gasteiger partial charge in [-0.15, -0.1) is 0 Å². The van der Waals surface area contributed by atoms with Gasteiger partial charge in [-0.25, -0.2) is 13.8 Å². The molecule has 0 spiro atoms. The minimum atomic E-state index is -4.99. The van der Waals surface area contributed by atoms with E-state index in [1.807, 2.05) is 0 Å². The summed E-state index contributed by atoms with van der Waals surface area (Å²) in [5.41, 5.74) is -2.63. The van der Waals surface area contributed by atoms with Gasteiger partial charge in [0.25, 0.3) is 5.91 Å². The maximum absolute atomic E-state index is 13.9. The van der Waals surface area contributed by atoms with Crippen molar-refractivity contribution in [1.29, 1.82) is 5.26 Å². The molecule has 0 radical (unpaired) electrons. The number of halogens is 5. The predicted octanol–water partition coefficient (Wildman–Crippen LogP) is 4.90. The van der Waals surface area contributed by atoms with Crippen LogP contribution in [-0.4, -0.2) is 40.4 Å². The standard InChI is InChI=1S/C22H21F5N4O2S/c1-13-16(12-28)18(22(25,26)27)30-19(31-9-4-7-21(23,24)8-10-31)17(13)20(32)29-14-5-3-6-15(11-14)34(2)33/h3,5-6,11H,4,7-10H2,1-2H3,(H,29,32). The summed E-state index contributed by atoms with van der Waals surface area (Å²) in [5.74, 6) is -4.25. The highest BCUT2D eigenvalue weighted by Crippen LogP contribution is 2.38. The fourth-order valence-electron chi connectivity index (χ4n) is 3.75. The summed E-state index contributed by atoms with van der Waals surface area (Å²) in [4.78, 5) is 18.5. The molecule has 1 aromatic carbocycles. The number of amides is 1. The van der Waals surface area contributed by atoms with Crippen LogP contribution in [0, 0.1) is 18.3 Å². The van der Waals surface area contributed by atoms with Crippen molar-refractivity contribution < 1.29 is 31.0 Å². The molecular weight excluding hydrogens is 479 g/mol. The van der Waals surface area contributed by atoms with Crippen molar-refractivity contribution in [2.24, 2.45) is 0 Å². The van der Waals surface area contributed by atoms with E-state index in [9.17, 15) is 36.2 Å². The van der Waals surface area contributed by atoms with Crippen LogP contribution in [0.1, 0.15) is 46.4 Å². The molecule has 1 N–H and O–H groups in total. The lowest BCUT2D eigenvalue weighted by Gasteiger charge is -2.27. The van der Waals surface area contributed by atoms with Gasteiger partial charge >= 0.3 is 6.18 Å². The number of carbonyl (C=O) groups is 1. The van der Waals surface area contributed by atoms with Gasteiger partial charge in [0.2, 0.25) is 5.92 Å². The first-order valence-corrected chi connectivity index (χ1v) is 11.8. The number of alkyl halides is 5. The van der Waals surface area contributed by atoms with E-state index in [2.05, 4.69) is 10.3 Å². The zero-order valence-electron chi connectivity index (χ0n) is 18.3. The second-order valence-electron chi connectivity index (χ2n) is 7.90. The van der Waals surface area contributed by atoms with Crippen molar-refractivity contribution in [3.05, 3.63) is 46.6 Å². The Bertz CT molecular complexity index is 1180. The van der Waals surface area contributed by atoms with Crippen LogP contribution in [-0.2, 0) is 17.0 Å². The van der Waals surface area contributed by atoms with E-state index in [0.717, 1.165) is 0 Å². The number of nitrogens with one attached hydrogen (secondary N) is 1. The fraction of sp³-hybridized carbons (Fsp3) is 0.409. The molecule has 0 saturated carbocycles. The normalized spacial score (nSPS) is 16.9. The summed E-state index contributed by atoms with van der Waals surface area (Å²) in [7, 11) is -1.35. The molecule has 1 saturated heterocycles. The largest absolute Gasteiger partial charge is 0.434 e. The summed E-state index contributed by atoms with van der Waals surface area (Å²) in [6.45, 7) is 0.848. The van der Waals surface area contributed by atoms with Crippen molar-refractivity contribution >= 4 is 28.2 Å². The van der Waals surface area contributed by atoms with Gasteiger partial charge in [0, 0.05) is 53.6 Å². The molecule has 2 heterocycles. The van der Waals surface area contributed by atoms with E-state index in [4.69, 9.17) is 0 Å². The molecule has 1 amide bonds. The van der Waals surface area contributed by atoms with Crippen LogP contribution >= 0.6 is 0 Å². The predicted molar refractivity (Wildman–Crippen MR) is 116 cm³/mol. The van der Waals surface area contributed by atoms with Crippen LogP contribution in [0.4, 0.5) is 33.5 Å². The molecule has 1 atom stereocenters. The van der Waals surface area contributed by atoms with Gasteiger partial charge < -0.3 is 10.2 Å². The Morgan fingerprint density at radius 3 is 2.59 bits per heavy atom. The molecule has 1 aliphatic heterocycles. The van der Waals surface area contributed by atoms with E-state index in [1.165, 1.54) is 36.3 Å². The number of nitrogens with zero attached hydrogens (tertiary/aromatic N) is 3. The molecule has 1 aromatic heterocycles. The molecule has 182 valence electrons. The lowest BCUT2D eigenvalue weighted by atomic mass is 10.00. The minimum absolute atomic E-state index is 0.0134. The molecule has 34 heavy (non-hydrogen) atoms. The van der Waals surface area contributed by atoms with Gasteiger partial charge in [-0.05, 0) is 37.1 Å². The number of pyridine rings is 1. The fourth-order valence-corrected chi connectivity index (χ4v) is 4.32. The Balaban J connectivity index is 2.14. The van der Waals surface area contributed by atoms with Crippen LogP contribution in [0.3, 0.4) is 0 Å². The molecule has 0 bridgehead atoms. The van der Waals surface area contributed by atoms with Crippen LogP contribution in [0.15, 0.2) is 29.2 Å². The Morgan fingerprint density at radius 2 is 1.97 bits per heavy atom. The molecule has 3 rings (SSSR count). The SMILES string of the molecule is Cc1c(C#N)c(C(F)(F)F)nc(N2CCCC(F)(F)CC2)c1C(=O)Nc1cccc(S(C)=O)c1. The van der Waals surface area contributed by atoms with E-state index < -0.39 is 58.7 Å². The smallest absolute Gasteiger partial charge is 0.356 e. The number of aromatic nitrogens is 1. The molecule has 1 fully saturated rings. The summed E-state index contributed by atoms with van der Waals surface area (Å²) in [6.07, 6.45) is -4.61. The number of hydrogen-bond donors (Lipinski definition) is 1. The van der Waals surface area contributed by atoms with Crippen LogP contribution in [0.25, 0.3) is 0 Å². The third kappa shape index (κ3) is 5.52. The van der Waals surface area contributed by atoms with Gasteiger partial charge in [-0.2, -0.15) is 18.4 Å². The number of rotatable bonds is 4. The molecule has 2 aromatic rings. The lowest BCUT2D eigenvalue weighted by Crippen LogP contribution is -2.31. The lowest BCUT2D eigenvalue weighted by molar-refractivity contribution is -0.141. The zero-order valence-corrected chi connectivity index (χ0v) is 19.1. The van der Waals surface area contributed by atoms with Gasteiger partial charge in [-0.3, -0.25) is 9.00 Å². The van der Waals surface area contributed by atoms with E-state index in [0.29, 0.717) is 4.90 Å². The maximum atomic E-state index is 13.9. The average Bonchev–Trinajstić information content (AvgIpc) is 2.92. The summed E-state index contributed by atoms with van der Waals surface area (Å²) >= 11 is 0. The van der Waals surface area contributed by atoms with Crippen LogP contribution in [0.2, 0.25) is 0 Å². The first kappa shape index (κ1) is 25.6. The molecule has 1 unspecified atom stereocenters. The highest BCUT2D eigenvalue weighted by molar-refractivity contribution is 7.84. The van der Waals surface area contributed by atoms with E-state index >= 15 is 0 Å². The van der Waals surface area contributed by atoms with E-state index in [1.54, 1.807) is 12.1 Å². The average molecular weight is 500 g/mol. The van der Waals surface area contributed by atoms with Crippen LogP contribution < -0.4 is 10.2 Å². The third-order valence-electron chi connectivity index (χ3n) is 5.48. The maximum Gasteiger partial charge on any atom is 0.434 e. The summed E-state index contributed by atoms with van der Waals surface area (Å²) in [6, 6.07) is 7.53. The molecule has 1 aliphatic rings. The first-order chi connectivity index (χ1) is 15.8. The van der Waals surface area contributed by atoms with Gasteiger partial charge in [0.15, 0.2) is 5.69 Å². The second kappa shape index (κ2) is 9.66. The quantitative estimate of drug-likeness (QED) is 0.604. The Hall–Kier alpha value is -3.07. The Morgan fingerprint density at radius 1 is 1.26 bits per heavy atom. The topological polar surface area (TPSA) is 86.1 Å². The Kier molecular flexibility index (Phi) is 7.26. The number of benzene rings is 1. The van der Waals surface area contributed by atoms with Crippen molar-refractivity contribution in [2.75, 3.05) is 29.6 Å². The van der Waals surface area contributed by atoms with E-state index in [-0.39, 0.29) is 36.3 Å². The summed E-state index contributed by atoms with van der Waals surface area (Å²) < 4.78 is 80.6. The zero-order chi connectivity index (χ0) is 25.3. The highest BCUT2D eigenvalue weighted by Gasteiger charge is 2.40. The number of hydrogen-bond acceptors (Lipinski definition) is 5. The number of carbonyl (C=O) groups excluding carboxylic acids is 1. The molecule has 12 heteroatoms. The van der Waals surface area contributed by atoms with Crippen molar-refractivity contribution in [3.8, 4) is 6.07 Å². The third-order valence-corrected chi connectivity index (χ3v) is 6.39. The monoisotopic (exact) mass is 500 g/mol. The molecular formula is C22H21F5N4O2S. The molecule has 6 nitrogen and oxygen atoms in total. The second-order valence-corrected chi connectivity index (χ2v) is 9.28. The van der Waals surface area contributed by atoms with Gasteiger partial charge in [-0.1, -0.05) is 6.07 Å².